The van der Waals surface area contributed by atoms with E-state index in [1.807, 2.05) is 0 Å². The molecule has 17 heavy (non-hydrogen) atoms. The lowest BCUT2D eigenvalue weighted by Crippen LogP contribution is -2.47. The van der Waals surface area contributed by atoms with Crippen LogP contribution in [-0.4, -0.2) is 82.6 Å². The van der Waals surface area contributed by atoms with Crippen LogP contribution in [0.3, 0.4) is 0 Å². The van der Waals surface area contributed by atoms with Gasteiger partial charge in [0.2, 0.25) is 0 Å². The molecule has 0 atom stereocenters. The largest absolute Gasteiger partial charge is 0.348 e. The van der Waals surface area contributed by atoms with Crippen molar-refractivity contribution in [2.45, 2.75) is 0 Å². The normalized spacial score (nSPS) is 18.2. The van der Waals surface area contributed by atoms with Crippen LogP contribution in [0.15, 0.2) is 0 Å². The van der Waals surface area contributed by atoms with E-state index >= 15 is 0 Å². The molecular weight excluding hydrogens is 222 g/mol. The fourth-order valence-corrected chi connectivity index (χ4v) is 1.74. The number of amides is 1. The Balaban J connectivity index is 1.64. The highest BCUT2D eigenvalue weighted by molar-refractivity contribution is 5.89. The Morgan fingerprint density at radius 2 is 2.18 bits per heavy atom. The number of carbonyl (C=O) groups is 1. The number of piperazine rings is 1. The Hall–Kier alpha value is -1.54. The summed E-state index contributed by atoms with van der Waals surface area (Å²) in [5.41, 5.74) is 0. The van der Waals surface area contributed by atoms with Crippen LogP contribution in [0.1, 0.15) is 10.6 Å². The van der Waals surface area contributed by atoms with E-state index in [-0.39, 0.29) is 11.7 Å². The smallest absolute Gasteiger partial charge is 0.292 e. The monoisotopic (exact) mass is 239 g/mol. The maximum absolute atomic E-state index is 11.5. The molecule has 2 heterocycles. The van der Waals surface area contributed by atoms with Crippen LogP contribution in [0, 0.1) is 0 Å². The highest BCUT2D eigenvalue weighted by Gasteiger charge is 2.14. The summed E-state index contributed by atoms with van der Waals surface area (Å²) in [5.74, 6) is -0.198. The van der Waals surface area contributed by atoms with Crippen LogP contribution in [0.5, 0.6) is 0 Å². The number of tetrazole rings is 1. The zero-order chi connectivity index (χ0) is 12.1. The van der Waals surface area contributed by atoms with E-state index in [4.69, 9.17) is 0 Å². The van der Waals surface area contributed by atoms with Crippen molar-refractivity contribution in [3.63, 3.8) is 0 Å². The SMILES string of the molecule is CN1CCN(CCNC(=O)c2nn[nH]n2)CC1. The molecule has 94 valence electrons. The summed E-state index contributed by atoms with van der Waals surface area (Å²) in [7, 11) is 2.12. The first-order chi connectivity index (χ1) is 8.25. The number of hydrogen-bond donors (Lipinski definition) is 2. The van der Waals surface area contributed by atoms with Crippen molar-refractivity contribution in [1.82, 2.24) is 35.7 Å². The quantitative estimate of drug-likeness (QED) is 0.643. The van der Waals surface area contributed by atoms with Crippen molar-refractivity contribution in [3.05, 3.63) is 5.82 Å². The predicted molar refractivity (Wildman–Crippen MR) is 60.4 cm³/mol. The number of likely N-dealkylation sites (N-methyl/N-ethyl adjacent to an activating group) is 1. The number of rotatable bonds is 4. The van der Waals surface area contributed by atoms with Crippen molar-refractivity contribution in [3.8, 4) is 0 Å². The molecule has 1 aromatic heterocycles. The zero-order valence-electron chi connectivity index (χ0n) is 9.89. The average molecular weight is 239 g/mol. The van der Waals surface area contributed by atoms with Gasteiger partial charge in [0.05, 0.1) is 0 Å². The standard InChI is InChI=1S/C9H17N7O/c1-15-4-6-16(7-5-15)3-2-10-9(17)8-11-13-14-12-8/h2-7H2,1H3,(H,10,17)(H,11,12,13,14). The van der Waals surface area contributed by atoms with E-state index in [2.05, 4.69) is 42.8 Å². The van der Waals surface area contributed by atoms with Gasteiger partial charge < -0.3 is 10.2 Å². The van der Waals surface area contributed by atoms with Gasteiger partial charge in [-0.3, -0.25) is 9.69 Å². The average Bonchev–Trinajstić information content (AvgIpc) is 2.85. The zero-order valence-corrected chi connectivity index (χ0v) is 9.89. The van der Waals surface area contributed by atoms with E-state index in [1.165, 1.54) is 0 Å². The molecule has 1 amide bonds. The van der Waals surface area contributed by atoms with E-state index in [9.17, 15) is 4.79 Å². The van der Waals surface area contributed by atoms with Gasteiger partial charge in [-0.15, -0.1) is 10.2 Å². The van der Waals surface area contributed by atoms with Gasteiger partial charge in [-0.1, -0.05) is 0 Å². The number of nitrogens with one attached hydrogen (secondary N) is 2. The molecule has 1 saturated heterocycles. The first-order valence-corrected chi connectivity index (χ1v) is 5.68. The molecule has 0 aliphatic carbocycles. The third-order valence-electron chi connectivity index (χ3n) is 2.86. The lowest BCUT2D eigenvalue weighted by atomic mass is 10.3. The van der Waals surface area contributed by atoms with Crippen molar-refractivity contribution < 1.29 is 4.79 Å². The summed E-state index contributed by atoms with van der Waals surface area (Å²) < 4.78 is 0. The molecular formula is C9H17N7O. The van der Waals surface area contributed by atoms with Gasteiger partial charge in [-0.2, -0.15) is 5.21 Å². The van der Waals surface area contributed by atoms with Crippen LogP contribution in [0.4, 0.5) is 0 Å². The molecule has 0 bridgehead atoms. The van der Waals surface area contributed by atoms with E-state index in [1.54, 1.807) is 0 Å². The Morgan fingerprint density at radius 3 is 2.82 bits per heavy atom. The topological polar surface area (TPSA) is 90.0 Å². The summed E-state index contributed by atoms with van der Waals surface area (Å²) in [6, 6.07) is 0. The lowest BCUT2D eigenvalue weighted by molar-refractivity contribution is 0.0931. The maximum Gasteiger partial charge on any atom is 0.292 e. The lowest BCUT2D eigenvalue weighted by Gasteiger charge is -2.32. The van der Waals surface area contributed by atoms with Crippen molar-refractivity contribution in [2.24, 2.45) is 0 Å². The van der Waals surface area contributed by atoms with Crippen molar-refractivity contribution >= 4 is 5.91 Å². The van der Waals surface area contributed by atoms with Crippen molar-refractivity contribution in [1.29, 1.82) is 0 Å². The minimum absolute atomic E-state index is 0.0865. The van der Waals surface area contributed by atoms with E-state index in [0.717, 1.165) is 32.7 Å². The number of aromatic amines is 1. The summed E-state index contributed by atoms with van der Waals surface area (Å²) in [6.07, 6.45) is 0. The second-order valence-electron chi connectivity index (χ2n) is 4.14. The molecule has 0 spiro atoms. The third-order valence-corrected chi connectivity index (χ3v) is 2.86. The Labute approximate surface area is 99.3 Å². The van der Waals surface area contributed by atoms with Gasteiger partial charge in [0.1, 0.15) is 0 Å². The van der Waals surface area contributed by atoms with E-state index < -0.39 is 0 Å². The van der Waals surface area contributed by atoms with Gasteiger partial charge in [0, 0.05) is 39.3 Å². The molecule has 1 fully saturated rings. The molecule has 2 N–H and O–H groups in total. The number of nitrogens with zero attached hydrogens (tertiary/aromatic N) is 5. The minimum Gasteiger partial charge on any atom is -0.348 e. The Morgan fingerprint density at radius 1 is 1.41 bits per heavy atom. The third kappa shape index (κ3) is 3.46. The molecule has 1 aliphatic rings. The molecule has 0 aromatic carbocycles. The molecule has 1 aliphatic heterocycles. The fourth-order valence-electron chi connectivity index (χ4n) is 1.74. The van der Waals surface area contributed by atoms with Gasteiger partial charge in [0.15, 0.2) is 0 Å². The second-order valence-corrected chi connectivity index (χ2v) is 4.14. The Kier molecular flexibility index (Phi) is 3.99. The second kappa shape index (κ2) is 5.69. The minimum atomic E-state index is -0.284. The van der Waals surface area contributed by atoms with Crippen LogP contribution in [0.25, 0.3) is 0 Å². The number of aromatic nitrogens is 4. The van der Waals surface area contributed by atoms with Crippen molar-refractivity contribution in [2.75, 3.05) is 46.3 Å². The summed E-state index contributed by atoms with van der Waals surface area (Å²) in [6.45, 7) is 5.73. The fraction of sp³-hybridized carbons (Fsp3) is 0.778. The van der Waals surface area contributed by atoms with Crippen LogP contribution in [0.2, 0.25) is 0 Å². The molecule has 0 radical (unpaired) electrons. The summed E-state index contributed by atoms with van der Waals surface area (Å²) in [5, 5.41) is 15.6. The van der Waals surface area contributed by atoms with Gasteiger partial charge in [-0.05, 0) is 12.3 Å². The number of H-pyrrole nitrogens is 1. The predicted octanol–water partition coefficient (Wildman–Crippen LogP) is -1.82. The molecule has 2 rings (SSSR count). The number of carbonyl (C=O) groups excluding carboxylic acids is 1. The van der Waals surface area contributed by atoms with Gasteiger partial charge in [0.25, 0.3) is 11.7 Å². The molecule has 1 aromatic rings. The molecule has 8 nitrogen and oxygen atoms in total. The van der Waals surface area contributed by atoms with Gasteiger partial charge in [-0.25, -0.2) is 0 Å². The first kappa shape index (κ1) is 11.9. The van der Waals surface area contributed by atoms with E-state index in [0.29, 0.717) is 6.54 Å². The highest BCUT2D eigenvalue weighted by Crippen LogP contribution is 1.97. The molecule has 0 unspecified atom stereocenters. The van der Waals surface area contributed by atoms with Crippen LogP contribution < -0.4 is 5.32 Å². The van der Waals surface area contributed by atoms with Crippen LogP contribution in [-0.2, 0) is 0 Å². The molecule has 0 saturated carbocycles. The van der Waals surface area contributed by atoms with Gasteiger partial charge >= 0.3 is 0 Å². The maximum atomic E-state index is 11.5. The van der Waals surface area contributed by atoms with Crippen LogP contribution >= 0.6 is 0 Å². The number of hydrogen-bond acceptors (Lipinski definition) is 6. The summed E-state index contributed by atoms with van der Waals surface area (Å²) >= 11 is 0. The Bertz CT molecular complexity index is 344. The first-order valence-electron chi connectivity index (χ1n) is 5.68. The highest BCUT2D eigenvalue weighted by atomic mass is 16.2. The summed E-state index contributed by atoms with van der Waals surface area (Å²) in [4.78, 5) is 16.1. The molecule has 8 heteroatoms.